The summed E-state index contributed by atoms with van der Waals surface area (Å²) in [5.74, 6) is -0.276. The third kappa shape index (κ3) is 2.90. The number of carbonyl (C=O) groups excluding carboxylic acids is 1. The van der Waals surface area contributed by atoms with Crippen molar-refractivity contribution in [3.63, 3.8) is 0 Å². The van der Waals surface area contributed by atoms with Crippen LogP contribution in [0.25, 0.3) is 11.0 Å². The molecule has 1 amide bonds. The molecule has 2 heterocycles. The second kappa shape index (κ2) is 6.30. The molecule has 128 valence electrons. The zero-order valence-corrected chi connectivity index (χ0v) is 14.4. The number of fused-ring (bicyclic) bond motifs is 1. The molecule has 1 fully saturated rings. The number of hydrogen-bond acceptors (Lipinski definition) is 3. The predicted molar refractivity (Wildman–Crippen MR) is 91.3 cm³/mol. The summed E-state index contributed by atoms with van der Waals surface area (Å²) in [6, 6.07) is 4.05. The van der Waals surface area contributed by atoms with Crippen LogP contribution in [0.2, 0.25) is 0 Å². The van der Waals surface area contributed by atoms with E-state index >= 15 is 0 Å². The summed E-state index contributed by atoms with van der Waals surface area (Å²) in [4.78, 5) is 25.5. The molecule has 1 aromatic heterocycles. The lowest BCUT2D eigenvalue weighted by Gasteiger charge is -2.30. The van der Waals surface area contributed by atoms with E-state index in [1.54, 1.807) is 4.90 Å². The van der Waals surface area contributed by atoms with Crippen LogP contribution in [-0.4, -0.2) is 35.0 Å². The van der Waals surface area contributed by atoms with Gasteiger partial charge in [-0.1, -0.05) is 12.1 Å². The van der Waals surface area contributed by atoms with Gasteiger partial charge in [0.25, 0.3) is 5.91 Å². The number of aliphatic carboxylic acids is 1. The highest BCUT2D eigenvalue weighted by atomic mass is 16.4. The Balaban J connectivity index is 1.83. The Hall–Kier alpha value is -2.30. The average molecular weight is 329 g/mol. The van der Waals surface area contributed by atoms with E-state index in [0.717, 1.165) is 40.5 Å². The smallest absolute Gasteiger partial charge is 0.303 e. The molecule has 0 unspecified atom stereocenters. The molecule has 5 heteroatoms. The zero-order chi connectivity index (χ0) is 17.4. The van der Waals surface area contributed by atoms with Gasteiger partial charge in [0.05, 0.1) is 0 Å². The molecular weight excluding hydrogens is 306 g/mol. The van der Waals surface area contributed by atoms with Crippen LogP contribution in [0.15, 0.2) is 16.5 Å². The van der Waals surface area contributed by atoms with E-state index in [1.807, 2.05) is 32.9 Å². The standard InChI is InChI=1S/C19H23NO4/c1-11-4-5-12(2)17-16(11)13(3)18(24-17)19(23)20-8-6-14(7-9-20)10-15(21)22/h4-5,14H,6-10H2,1-3H3,(H,21,22). The van der Waals surface area contributed by atoms with E-state index in [4.69, 9.17) is 9.52 Å². The fraction of sp³-hybridized carbons (Fsp3) is 0.474. The van der Waals surface area contributed by atoms with Gasteiger partial charge in [0, 0.05) is 30.5 Å². The summed E-state index contributed by atoms with van der Waals surface area (Å²) in [5, 5.41) is 9.92. The molecule has 0 saturated carbocycles. The van der Waals surface area contributed by atoms with Gasteiger partial charge < -0.3 is 14.4 Å². The molecule has 1 aliphatic heterocycles. The van der Waals surface area contributed by atoms with E-state index in [-0.39, 0.29) is 18.2 Å². The lowest BCUT2D eigenvalue weighted by molar-refractivity contribution is -0.138. The molecule has 1 saturated heterocycles. The highest BCUT2D eigenvalue weighted by Crippen LogP contribution is 2.32. The molecule has 1 aliphatic rings. The topological polar surface area (TPSA) is 70.8 Å². The maximum Gasteiger partial charge on any atom is 0.303 e. The first kappa shape index (κ1) is 16.6. The number of amides is 1. The number of carboxylic acid groups (broad SMARTS) is 1. The molecule has 0 aliphatic carbocycles. The first-order valence-corrected chi connectivity index (χ1v) is 8.39. The van der Waals surface area contributed by atoms with Crippen molar-refractivity contribution in [2.45, 2.75) is 40.0 Å². The van der Waals surface area contributed by atoms with Crippen LogP contribution >= 0.6 is 0 Å². The van der Waals surface area contributed by atoms with E-state index in [9.17, 15) is 9.59 Å². The van der Waals surface area contributed by atoms with Crippen LogP contribution in [0.3, 0.4) is 0 Å². The number of furan rings is 1. The number of carbonyl (C=O) groups is 2. The fourth-order valence-corrected chi connectivity index (χ4v) is 3.61. The molecule has 24 heavy (non-hydrogen) atoms. The number of piperidine rings is 1. The minimum Gasteiger partial charge on any atom is -0.481 e. The van der Waals surface area contributed by atoms with E-state index in [2.05, 4.69) is 0 Å². The van der Waals surface area contributed by atoms with Crippen molar-refractivity contribution < 1.29 is 19.1 Å². The number of nitrogens with zero attached hydrogens (tertiary/aromatic N) is 1. The Labute approximate surface area is 141 Å². The summed E-state index contributed by atoms with van der Waals surface area (Å²) in [6.45, 7) is 7.12. The first-order valence-electron chi connectivity index (χ1n) is 8.39. The van der Waals surface area contributed by atoms with Crippen molar-refractivity contribution in [1.82, 2.24) is 4.90 Å². The van der Waals surface area contributed by atoms with Gasteiger partial charge in [-0.25, -0.2) is 0 Å². The Bertz CT molecular complexity index is 797. The van der Waals surface area contributed by atoms with E-state index in [0.29, 0.717) is 18.8 Å². The Morgan fingerprint density at radius 2 is 1.79 bits per heavy atom. The second-order valence-electron chi connectivity index (χ2n) is 6.79. The van der Waals surface area contributed by atoms with E-state index in [1.165, 1.54) is 0 Å². The van der Waals surface area contributed by atoms with Gasteiger partial charge in [-0.05, 0) is 50.7 Å². The molecule has 1 N–H and O–H groups in total. The Morgan fingerprint density at radius 3 is 2.38 bits per heavy atom. The number of carboxylic acids is 1. The monoisotopic (exact) mass is 329 g/mol. The average Bonchev–Trinajstić information content (AvgIpc) is 2.89. The van der Waals surface area contributed by atoms with E-state index < -0.39 is 5.97 Å². The van der Waals surface area contributed by atoms with Gasteiger partial charge in [-0.3, -0.25) is 9.59 Å². The van der Waals surface area contributed by atoms with Gasteiger partial charge in [-0.2, -0.15) is 0 Å². The minimum absolute atomic E-state index is 0.0868. The number of likely N-dealkylation sites (tertiary alicyclic amines) is 1. The number of aryl methyl sites for hydroxylation is 3. The highest BCUT2D eigenvalue weighted by molar-refractivity contribution is 6.00. The van der Waals surface area contributed by atoms with Crippen LogP contribution in [0.1, 0.15) is 46.5 Å². The zero-order valence-electron chi connectivity index (χ0n) is 14.4. The lowest BCUT2D eigenvalue weighted by atomic mass is 9.93. The van der Waals surface area contributed by atoms with Crippen LogP contribution in [-0.2, 0) is 4.79 Å². The van der Waals surface area contributed by atoms with Gasteiger partial charge >= 0.3 is 5.97 Å². The SMILES string of the molecule is Cc1ccc(C)c2c(C)c(C(=O)N3CCC(CC(=O)O)CC3)oc12. The molecule has 5 nitrogen and oxygen atoms in total. The maximum atomic E-state index is 12.9. The second-order valence-corrected chi connectivity index (χ2v) is 6.79. The number of benzene rings is 1. The Kier molecular flexibility index (Phi) is 4.35. The van der Waals surface area contributed by atoms with Crippen molar-refractivity contribution in [2.24, 2.45) is 5.92 Å². The summed E-state index contributed by atoms with van der Waals surface area (Å²) in [5.41, 5.74) is 3.81. The maximum absolute atomic E-state index is 12.9. The first-order chi connectivity index (χ1) is 11.4. The summed E-state index contributed by atoms with van der Waals surface area (Å²) in [7, 11) is 0. The molecule has 0 radical (unpaired) electrons. The van der Waals surface area contributed by atoms with Crippen LogP contribution in [0, 0.1) is 26.7 Å². The predicted octanol–water partition coefficient (Wildman–Crippen LogP) is 3.68. The minimum atomic E-state index is -0.765. The van der Waals surface area contributed by atoms with Crippen LogP contribution in [0.5, 0.6) is 0 Å². The lowest BCUT2D eigenvalue weighted by Crippen LogP contribution is -2.39. The van der Waals surface area contributed by atoms with Crippen molar-refractivity contribution in [3.8, 4) is 0 Å². The molecule has 0 atom stereocenters. The largest absolute Gasteiger partial charge is 0.481 e. The molecule has 2 aromatic rings. The molecule has 1 aromatic carbocycles. The molecule has 0 spiro atoms. The third-order valence-electron chi connectivity index (χ3n) is 5.04. The molecule has 0 bridgehead atoms. The fourth-order valence-electron chi connectivity index (χ4n) is 3.61. The third-order valence-corrected chi connectivity index (χ3v) is 5.04. The van der Waals surface area contributed by atoms with Gasteiger partial charge in [0.15, 0.2) is 5.76 Å². The van der Waals surface area contributed by atoms with Crippen molar-refractivity contribution >= 4 is 22.8 Å². The molecule has 3 rings (SSSR count). The van der Waals surface area contributed by atoms with Gasteiger partial charge in [0.1, 0.15) is 5.58 Å². The summed E-state index contributed by atoms with van der Waals surface area (Å²) < 4.78 is 5.93. The van der Waals surface area contributed by atoms with Crippen LogP contribution in [0.4, 0.5) is 0 Å². The van der Waals surface area contributed by atoms with Gasteiger partial charge in [-0.15, -0.1) is 0 Å². The Morgan fingerprint density at radius 1 is 1.17 bits per heavy atom. The van der Waals surface area contributed by atoms with Gasteiger partial charge in [0.2, 0.25) is 0 Å². The summed E-state index contributed by atoms with van der Waals surface area (Å²) >= 11 is 0. The number of hydrogen-bond donors (Lipinski definition) is 1. The van der Waals surface area contributed by atoms with Crippen molar-refractivity contribution in [2.75, 3.05) is 13.1 Å². The van der Waals surface area contributed by atoms with Crippen molar-refractivity contribution in [3.05, 3.63) is 34.6 Å². The summed E-state index contributed by atoms with van der Waals surface area (Å²) in [6.07, 6.45) is 1.65. The van der Waals surface area contributed by atoms with Crippen LogP contribution < -0.4 is 0 Å². The number of rotatable bonds is 3. The van der Waals surface area contributed by atoms with Crippen molar-refractivity contribution in [1.29, 1.82) is 0 Å². The normalized spacial score (nSPS) is 15.9. The molecular formula is C19H23NO4. The quantitative estimate of drug-likeness (QED) is 0.932. The highest BCUT2D eigenvalue weighted by Gasteiger charge is 2.28.